The molecule has 1 atom stereocenters. The highest BCUT2D eigenvalue weighted by Crippen LogP contribution is 2.35. The molecule has 2 heterocycles. The van der Waals surface area contributed by atoms with E-state index in [1.54, 1.807) is 0 Å². The van der Waals surface area contributed by atoms with Crippen LogP contribution in [0.5, 0.6) is 0 Å². The molecule has 4 rings (SSSR count). The van der Waals surface area contributed by atoms with E-state index < -0.39 is 35.5 Å². The number of fused-ring (bicyclic) bond motifs is 1. The Morgan fingerprint density at radius 3 is 2.34 bits per heavy atom. The number of aryl methyl sites for hydroxylation is 1. The summed E-state index contributed by atoms with van der Waals surface area (Å²) in [5.74, 6) is -2.18. The first-order valence-electron chi connectivity index (χ1n) is 8.35. The molecule has 1 aliphatic rings. The quantitative estimate of drug-likeness (QED) is 0.523. The van der Waals surface area contributed by atoms with E-state index in [9.17, 15) is 26.3 Å². The highest BCUT2D eigenvalue weighted by atomic mass is 19.4. The summed E-state index contributed by atoms with van der Waals surface area (Å²) in [7, 11) is 0. The van der Waals surface area contributed by atoms with Crippen molar-refractivity contribution in [1.29, 1.82) is 0 Å². The van der Waals surface area contributed by atoms with Gasteiger partial charge in [0.1, 0.15) is 17.2 Å². The second-order valence-electron chi connectivity index (χ2n) is 6.37. The molecule has 1 aliphatic heterocycles. The molecule has 3 aromatic rings. The highest BCUT2D eigenvalue weighted by Gasteiger charge is 2.31. The highest BCUT2D eigenvalue weighted by molar-refractivity contribution is 5.80. The van der Waals surface area contributed by atoms with Crippen molar-refractivity contribution in [2.45, 2.75) is 19.4 Å². The largest absolute Gasteiger partial charge is 0.416 e. The Labute approximate surface area is 160 Å². The third-order valence-corrected chi connectivity index (χ3v) is 4.46. The summed E-state index contributed by atoms with van der Waals surface area (Å²) in [5, 5.41) is 0. The molecule has 150 valence electrons. The zero-order valence-corrected chi connectivity index (χ0v) is 14.8. The third-order valence-electron chi connectivity index (χ3n) is 4.46. The fourth-order valence-corrected chi connectivity index (χ4v) is 3.19. The van der Waals surface area contributed by atoms with Crippen LogP contribution in [0.25, 0.3) is 11.0 Å². The lowest BCUT2D eigenvalue weighted by Gasteiger charge is -2.31. The van der Waals surface area contributed by atoms with Crippen LogP contribution in [0.2, 0.25) is 0 Å². The molecule has 0 radical (unpaired) electrons. The number of nitrogens with zero attached hydrogens (tertiary/aromatic N) is 4. The van der Waals surface area contributed by atoms with E-state index in [2.05, 4.69) is 9.98 Å². The van der Waals surface area contributed by atoms with E-state index in [1.807, 2.05) is 0 Å². The standard InChI is InChI=1S/C19H12F6N4/c1-10-27-17-15(22)6-12(20)7-16(17)29(10)18-26-8-13(21)9-28(18)14-4-2-11(3-5-14)19(23,24)25/h2-9,18H,1H3. The minimum absolute atomic E-state index is 0.0785. The van der Waals surface area contributed by atoms with Crippen LogP contribution in [0.1, 0.15) is 17.7 Å². The maximum atomic E-state index is 14.1. The van der Waals surface area contributed by atoms with Crippen LogP contribution in [0.15, 0.2) is 53.4 Å². The van der Waals surface area contributed by atoms with Crippen molar-refractivity contribution in [1.82, 2.24) is 9.55 Å². The number of hydrogen-bond acceptors (Lipinski definition) is 3. The van der Waals surface area contributed by atoms with Crippen molar-refractivity contribution < 1.29 is 26.3 Å². The molecular weight excluding hydrogens is 398 g/mol. The fourth-order valence-electron chi connectivity index (χ4n) is 3.19. The first-order chi connectivity index (χ1) is 13.6. The first kappa shape index (κ1) is 19.0. The van der Waals surface area contributed by atoms with Crippen LogP contribution in [-0.4, -0.2) is 15.8 Å². The molecule has 0 saturated heterocycles. The number of hydrogen-bond donors (Lipinski definition) is 0. The molecule has 0 saturated carbocycles. The van der Waals surface area contributed by atoms with Gasteiger partial charge < -0.3 is 4.90 Å². The maximum absolute atomic E-state index is 14.1. The van der Waals surface area contributed by atoms with Crippen LogP contribution >= 0.6 is 0 Å². The molecule has 2 aromatic carbocycles. The van der Waals surface area contributed by atoms with Gasteiger partial charge in [0, 0.05) is 24.0 Å². The van der Waals surface area contributed by atoms with Crippen molar-refractivity contribution >= 4 is 22.9 Å². The van der Waals surface area contributed by atoms with Crippen molar-refractivity contribution in [3.8, 4) is 0 Å². The van der Waals surface area contributed by atoms with Gasteiger partial charge in [-0.3, -0.25) is 4.57 Å². The fraction of sp³-hybridized carbons (Fsp3) is 0.158. The molecule has 0 aliphatic carbocycles. The van der Waals surface area contributed by atoms with Gasteiger partial charge in [0.15, 0.2) is 11.6 Å². The number of alkyl halides is 3. The Morgan fingerprint density at radius 1 is 1.00 bits per heavy atom. The van der Waals surface area contributed by atoms with Crippen molar-refractivity contribution in [2.24, 2.45) is 4.99 Å². The van der Waals surface area contributed by atoms with Crippen LogP contribution in [0.3, 0.4) is 0 Å². The molecule has 0 spiro atoms. The molecule has 10 heteroatoms. The van der Waals surface area contributed by atoms with Gasteiger partial charge in [0.25, 0.3) is 0 Å². The molecular formula is C19H12F6N4. The molecule has 1 unspecified atom stereocenters. The minimum Gasteiger partial charge on any atom is -0.305 e. The van der Waals surface area contributed by atoms with E-state index in [0.717, 1.165) is 42.7 Å². The summed E-state index contributed by atoms with van der Waals surface area (Å²) < 4.78 is 81.6. The Kier molecular flexibility index (Phi) is 4.36. The van der Waals surface area contributed by atoms with E-state index in [1.165, 1.54) is 16.4 Å². The molecule has 0 bridgehead atoms. The second kappa shape index (κ2) is 6.64. The van der Waals surface area contributed by atoms with E-state index in [4.69, 9.17) is 0 Å². The summed E-state index contributed by atoms with van der Waals surface area (Å²) in [6.07, 6.45) is -3.60. The summed E-state index contributed by atoms with van der Waals surface area (Å²) in [4.78, 5) is 9.40. The van der Waals surface area contributed by atoms with Gasteiger partial charge in [-0.2, -0.15) is 13.2 Å². The predicted octanol–water partition coefficient (Wildman–Crippen LogP) is 5.50. The number of rotatable bonds is 2. The van der Waals surface area contributed by atoms with Crippen LogP contribution in [-0.2, 0) is 6.18 Å². The third kappa shape index (κ3) is 3.34. The van der Waals surface area contributed by atoms with Crippen molar-refractivity contribution in [3.05, 3.63) is 71.4 Å². The average Bonchev–Trinajstić information content (AvgIpc) is 2.97. The number of benzene rings is 2. The normalized spacial score (nSPS) is 17.1. The Hall–Kier alpha value is -3.30. The first-order valence-corrected chi connectivity index (χ1v) is 8.35. The zero-order chi connectivity index (χ0) is 20.9. The minimum atomic E-state index is -4.52. The Bertz CT molecular complexity index is 1140. The summed E-state index contributed by atoms with van der Waals surface area (Å²) in [6, 6.07) is 5.79. The van der Waals surface area contributed by atoms with Gasteiger partial charge in [0.2, 0.25) is 6.29 Å². The summed E-state index contributed by atoms with van der Waals surface area (Å²) in [6.45, 7) is 1.53. The smallest absolute Gasteiger partial charge is 0.305 e. The van der Waals surface area contributed by atoms with Crippen molar-refractivity contribution in [3.63, 3.8) is 0 Å². The van der Waals surface area contributed by atoms with Crippen LogP contribution in [0, 0.1) is 18.6 Å². The maximum Gasteiger partial charge on any atom is 0.416 e. The number of aromatic nitrogens is 2. The molecule has 29 heavy (non-hydrogen) atoms. The van der Waals surface area contributed by atoms with Gasteiger partial charge in [-0.25, -0.2) is 23.1 Å². The molecule has 0 N–H and O–H groups in total. The van der Waals surface area contributed by atoms with E-state index in [-0.39, 0.29) is 22.5 Å². The van der Waals surface area contributed by atoms with Crippen molar-refractivity contribution in [2.75, 3.05) is 4.90 Å². The monoisotopic (exact) mass is 410 g/mol. The number of halogens is 6. The molecule has 1 aromatic heterocycles. The van der Waals surface area contributed by atoms with E-state index in [0.29, 0.717) is 6.07 Å². The topological polar surface area (TPSA) is 33.4 Å². The SMILES string of the molecule is Cc1nc2c(F)cc(F)cc2n1C1N=CC(F)=CN1c1ccc(C(F)(F)F)cc1. The van der Waals surface area contributed by atoms with E-state index >= 15 is 0 Å². The predicted molar refractivity (Wildman–Crippen MR) is 95.0 cm³/mol. The van der Waals surface area contributed by atoms with Gasteiger partial charge in [-0.1, -0.05) is 0 Å². The molecule has 0 amide bonds. The van der Waals surface area contributed by atoms with Gasteiger partial charge in [0.05, 0.1) is 17.3 Å². The van der Waals surface area contributed by atoms with Crippen LogP contribution < -0.4 is 4.90 Å². The zero-order valence-electron chi connectivity index (χ0n) is 14.8. The van der Waals surface area contributed by atoms with Gasteiger partial charge in [-0.15, -0.1) is 0 Å². The number of allylic oxidation sites excluding steroid dienone is 1. The molecule has 4 nitrogen and oxygen atoms in total. The van der Waals surface area contributed by atoms with Gasteiger partial charge in [-0.05, 0) is 31.2 Å². The average molecular weight is 410 g/mol. The molecule has 0 fully saturated rings. The Morgan fingerprint density at radius 2 is 1.69 bits per heavy atom. The number of anilines is 1. The lowest BCUT2D eigenvalue weighted by atomic mass is 10.2. The second-order valence-corrected chi connectivity index (χ2v) is 6.37. The van der Waals surface area contributed by atoms with Crippen LogP contribution in [0.4, 0.5) is 32.0 Å². The Balaban J connectivity index is 1.84. The summed E-state index contributed by atoms with van der Waals surface area (Å²) >= 11 is 0. The lowest BCUT2D eigenvalue weighted by molar-refractivity contribution is -0.137. The summed E-state index contributed by atoms with van der Waals surface area (Å²) in [5.41, 5.74) is -0.680. The van der Waals surface area contributed by atoms with Gasteiger partial charge >= 0.3 is 6.18 Å². The lowest BCUT2D eigenvalue weighted by Crippen LogP contribution is -2.30. The number of aliphatic imine (C=N–C) groups is 1. The number of imidazole rings is 1.